The van der Waals surface area contributed by atoms with Gasteiger partial charge in [0.05, 0.1) is 0 Å². The number of carboxylic acids is 1. The molecule has 0 aromatic carbocycles. The van der Waals surface area contributed by atoms with E-state index in [1.165, 1.54) is 0 Å². The molecule has 1 aliphatic carbocycles. The van der Waals surface area contributed by atoms with Crippen molar-refractivity contribution < 1.29 is 9.90 Å². The summed E-state index contributed by atoms with van der Waals surface area (Å²) in [5.74, 6) is -0.852. The first-order valence-electron chi connectivity index (χ1n) is 4.38. The van der Waals surface area contributed by atoms with Crippen molar-refractivity contribution >= 4 is 5.97 Å². The Balaban J connectivity index is 2.74. The van der Waals surface area contributed by atoms with Gasteiger partial charge < -0.3 is 10.8 Å². The summed E-state index contributed by atoms with van der Waals surface area (Å²) in [6.45, 7) is 4.16. The van der Waals surface area contributed by atoms with Gasteiger partial charge in [0, 0.05) is 0 Å². The maximum Gasteiger partial charge on any atom is 0.323 e. The van der Waals surface area contributed by atoms with Crippen molar-refractivity contribution in [2.75, 3.05) is 0 Å². The molecule has 12 heavy (non-hydrogen) atoms. The third-order valence-corrected chi connectivity index (χ3v) is 2.70. The van der Waals surface area contributed by atoms with E-state index in [1.807, 2.05) is 0 Å². The lowest BCUT2D eigenvalue weighted by molar-refractivity contribution is -0.146. The lowest BCUT2D eigenvalue weighted by Crippen LogP contribution is -2.53. The highest BCUT2D eigenvalue weighted by Gasteiger charge is 2.42. The molecule has 0 heterocycles. The quantitative estimate of drug-likeness (QED) is 0.626. The van der Waals surface area contributed by atoms with E-state index in [9.17, 15) is 4.79 Å². The fraction of sp³-hybridized carbons (Fsp3) is 0.889. The van der Waals surface area contributed by atoms with Gasteiger partial charge in [-0.2, -0.15) is 0 Å². The average Bonchev–Trinajstić information content (AvgIpc) is 1.83. The van der Waals surface area contributed by atoms with Crippen LogP contribution in [0.3, 0.4) is 0 Å². The molecule has 1 rings (SSSR count). The van der Waals surface area contributed by atoms with Crippen LogP contribution < -0.4 is 5.73 Å². The van der Waals surface area contributed by atoms with Gasteiger partial charge in [-0.3, -0.25) is 4.79 Å². The zero-order valence-electron chi connectivity index (χ0n) is 7.76. The molecule has 0 spiro atoms. The summed E-state index contributed by atoms with van der Waals surface area (Å²) in [6.07, 6.45) is 3.22. The molecule has 0 amide bonds. The van der Waals surface area contributed by atoms with Gasteiger partial charge in [0.1, 0.15) is 5.54 Å². The van der Waals surface area contributed by atoms with E-state index in [0.29, 0.717) is 12.8 Å². The molecule has 0 aliphatic heterocycles. The minimum Gasteiger partial charge on any atom is -0.480 e. The van der Waals surface area contributed by atoms with Crippen LogP contribution in [0.2, 0.25) is 0 Å². The highest BCUT2D eigenvalue weighted by atomic mass is 16.4. The minimum atomic E-state index is -0.970. The minimum absolute atomic E-state index is 0.0887. The Kier molecular flexibility index (Phi) is 2.17. The van der Waals surface area contributed by atoms with Crippen molar-refractivity contribution in [3.63, 3.8) is 0 Å². The number of carboxylic acid groups (broad SMARTS) is 1. The first kappa shape index (κ1) is 9.52. The Labute approximate surface area is 72.9 Å². The molecule has 3 N–H and O–H groups in total. The Morgan fingerprint density at radius 2 is 2.00 bits per heavy atom. The van der Waals surface area contributed by atoms with Crippen LogP contribution in [0.5, 0.6) is 0 Å². The second kappa shape index (κ2) is 2.73. The second-order valence-corrected chi connectivity index (χ2v) is 4.66. The van der Waals surface area contributed by atoms with E-state index >= 15 is 0 Å². The lowest BCUT2D eigenvalue weighted by Gasteiger charge is -2.39. The van der Waals surface area contributed by atoms with Crippen LogP contribution in [0.4, 0.5) is 0 Å². The largest absolute Gasteiger partial charge is 0.480 e. The van der Waals surface area contributed by atoms with Crippen LogP contribution in [0.15, 0.2) is 0 Å². The number of aliphatic carboxylic acids is 1. The maximum atomic E-state index is 10.8. The first-order chi connectivity index (χ1) is 5.36. The maximum absolute atomic E-state index is 10.8. The third kappa shape index (κ3) is 1.78. The number of rotatable bonds is 1. The lowest BCUT2D eigenvalue weighted by atomic mass is 9.68. The summed E-state index contributed by atoms with van der Waals surface area (Å²) < 4.78 is 0. The van der Waals surface area contributed by atoms with E-state index < -0.39 is 11.5 Å². The average molecular weight is 171 g/mol. The van der Waals surface area contributed by atoms with Crippen LogP contribution in [-0.4, -0.2) is 16.6 Å². The molecule has 70 valence electrons. The monoisotopic (exact) mass is 171 g/mol. The van der Waals surface area contributed by atoms with E-state index in [0.717, 1.165) is 12.8 Å². The summed E-state index contributed by atoms with van der Waals surface area (Å²) in [7, 11) is 0. The predicted molar refractivity (Wildman–Crippen MR) is 46.8 cm³/mol. The third-order valence-electron chi connectivity index (χ3n) is 2.70. The fourth-order valence-electron chi connectivity index (χ4n) is 2.10. The van der Waals surface area contributed by atoms with E-state index in [1.54, 1.807) is 0 Å². The summed E-state index contributed by atoms with van der Waals surface area (Å²) in [4.78, 5) is 10.8. The highest BCUT2D eigenvalue weighted by molar-refractivity contribution is 5.78. The molecule has 1 aliphatic rings. The molecule has 0 unspecified atom stereocenters. The Hall–Kier alpha value is -0.570. The normalized spacial score (nSPS) is 34.6. The van der Waals surface area contributed by atoms with Crippen molar-refractivity contribution in [2.24, 2.45) is 11.1 Å². The van der Waals surface area contributed by atoms with E-state index in [2.05, 4.69) is 13.8 Å². The van der Waals surface area contributed by atoms with Gasteiger partial charge in [0.25, 0.3) is 0 Å². The zero-order valence-corrected chi connectivity index (χ0v) is 7.76. The van der Waals surface area contributed by atoms with Gasteiger partial charge in [-0.1, -0.05) is 20.3 Å². The molecule has 1 saturated carbocycles. The fourth-order valence-corrected chi connectivity index (χ4v) is 2.10. The molecule has 3 nitrogen and oxygen atoms in total. The summed E-state index contributed by atoms with van der Waals surface area (Å²) in [5.41, 5.74) is 4.90. The second-order valence-electron chi connectivity index (χ2n) is 4.66. The highest BCUT2D eigenvalue weighted by Crippen LogP contribution is 2.39. The summed E-state index contributed by atoms with van der Waals surface area (Å²) >= 11 is 0. The first-order valence-corrected chi connectivity index (χ1v) is 4.38. The Morgan fingerprint density at radius 1 is 1.42 bits per heavy atom. The molecule has 0 saturated heterocycles. The van der Waals surface area contributed by atoms with Gasteiger partial charge in [0.2, 0.25) is 0 Å². The van der Waals surface area contributed by atoms with Gasteiger partial charge in [0.15, 0.2) is 0 Å². The van der Waals surface area contributed by atoms with Crippen LogP contribution in [0.1, 0.15) is 39.5 Å². The topological polar surface area (TPSA) is 63.3 Å². The van der Waals surface area contributed by atoms with E-state index in [4.69, 9.17) is 10.8 Å². The molecule has 0 radical (unpaired) electrons. The van der Waals surface area contributed by atoms with Crippen molar-refractivity contribution in [1.29, 1.82) is 0 Å². The molecule has 1 fully saturated rings. The predicted octanol–water partition coefficient (Wildman–Crippen LogP) is 1.37. The van der Waals surface area contributed by atoms with Crippen molar-refractivity contribution in [3.05, 3.63) is 0 Å². The van der Waals surface area contributed by atoms with Crippen molar-refractivity contribution in [2.45, 2.75) is 45.1 Å². The smallest absolute Gasteiger partial charge is 0.323 e. The van der Waals surface area contributed by atoms with Crippen LogP contribution >= 0.6 is 0 Å². The molecule has 1 atom stereocenters. The van der Waals surface area contributed by atoms with Gasteiger partial charge >= 0.3 is 5.97 Å². The number of nitrogens with two attached hydrogens (primary N) is 1. The van der Waals surface area contributed by atoms with Gasteiger partial charge in [-0.25, -0.2) is 0 Å². The Morgan fingerprint density at radius 3 is 2.33 bits per heavy atom. The summed E-state index contributed by atoms with van der Waals surface area (Å²) in [6, 6.07) is 0. The molecule has 0 bridgehead atoms. The van der Waals surface area contributed by atoms with E-state index in [-0.39, 0.29) is 5.41 Å². The molecule has 3 heteroatoms. The van der Waals surface area contributed by atoms with Crippen LogP contribution in [-0.2, 0) is 4.79 Å². The standard InChI is InChI=1S/C9H17NO2/c1-8(2)4-3-5-9(10,6-8)7(11)12/h3-6,10H2,1-2H3,(H,11,12)/t9-/m0/s1. The SMILES string of the molecule is CC1(C)CCC[C@@](N)(C(=O)O)C1. The summed E-state index contributed by atoms with van der Waals surface area (Å²) in [5, 5.41) is 8.90. The van der Waals surface area contributed by atoms with Crippen molar-refractivity contribution in [1.82, 2.24) is 0 Å². The molecular weight excluding hydrogens is 154 g/mol. The molecule has 0 aromatic heterocycles. The zero-order chi connectivity index (χ0) is 9.41. The number of hydrogen-bond donors (Lipinski definition) is 2. The molecular formula is C9H17NO2. The van der Waals surface area contributed by atoms with Gasteiger partial charge in [-0.15, -0.1) is 0 Å². The van der Waals surface area contributed by atoms with Crippen molar-refractivity contribution in [3.8, 4) is 0 Å². The van der Waals surface area contributed by atoms with Crippen LogP contribution in [0, 0.1) is 5.41 Å². The van der Waals surface area contributed by atoms with Crippen LogP contribution in [0.25, 0.3) is 0 Å². The molecule has 0 aromatic rings. The number of hydrogen-bond acceptors (Lipinski definition) is 2. The van der Waals surface area contributed by atoms with Gasteiger partial charge in [-0.05, 0) is 24.7 Å². The number of carbonyl (C=O) groups is 1. The Bertz CT molecular complexity index is 201.